The maximum Gasteiger partial charge on any atom is 0.490 e. The number of hydrogen-bond donors (Lipinski definition) is 3. The van der Waals surface area contributed by atoms with E-state index in [1.807, 2.05) is 48.5 Å². The fourth-order valence-corrected chi connectivity index (χ4v) is 4.76. The number of aryl methyl sites for hydroxylation is 1. The van der Waals surface area contributed by atoms with Gasteiger partial charge >= 0.3 is 12.1 Å². The van der Waals surface area contributed by atoms with Gasteiger partial charge in [-0.05, 0) is 60.4 Å². The number of alkyl halides is 3. The van der Waals surface area contributed by atoms with Crippen molar-refractivity contribution in [2.75, 3.05) is 12.3 Å². The summed E-state index contributed by atoms with van der Waals surface area (Å²) in [6.07, 6.45) is -1.78. The first-order valence-electron chi connectivity index (χ1n) is 13.4. The van der Waals surface area contributed by atoms with Crippen LogP contribution in [0.4, 0.5) is 23.5 Å². The second-order valence-corrected chi connectivity index (χ2v) is 10.0. The first kappa shape index (κ1) is 30.1. The van der Waals surface area contributed by atoms with Gasteiger partial charge in [0.15, 0.2) is 11.6 Å². The molecule has 44 heavy (non-hydrogen) atoms. The number of nitrogen functional groups attached to an aromatic ring is 1. The predicted octanol–water partition coefficient (Wildman–Crippen LogP) is 5.91. The van der Waals surface area contributed by atoms with E-state index >= 15 is 0 Å². The number of carboxylic acids is 1. The third-order valence-electron chi connectivity index (χ3n) is 6.93. The number of nitrogens with one attached hydrogen (secondary N) is 1. The van der Waals surface area contributed by atoms with Crippen LogP contribution in [0.25, 0.3) is 22.3 Å². The number of nitrogens with zero attached hydrogens (tertiary/aromatic N) is 3. The van der Waals surface area contributed by atoms with Crippen molar-refractivity contribution in [3.8, 4) is 17.0 Å². The number of imidazole rings is 1. The first-order valence-corrected chi connectivity index (χ1v) is 13.4. The first-order chi connectivity index (χ1) is 21.0. The summed E-state index contributed by atoms with van der Waals surface area (Å²) in [5.74, 6) is -1.69. The van der Waals surface area contributed by atoms with Crippen LogP contribution in [0.2, 0.25) is 0 Å². The molecule has 1 aliphatic rings. The van der Waals surface area contributed by atoms with Crippen molar-refractivity contribution in [3.05, 3.63) is 101 Å². The Morgan fingerprint density at radius 2 is 1.80 bits per heavy atom. The zero-order valence-corrected chi connectivity index (χ0v) is 22.9. The number of aromatic amines is 1. The van der Waals surface area contributed by atoms with Crippen LogP contribution in [0.15, 0.2) is 72.9 Å². The summed E-state index contributed by atoms with van der Waals surface area (Å²) in [5, 5.41) is 7.12. The molecule has 0 aliphatic carbocycles. The molecule has 6 rings (SSSR count). The van der Waals surface area contributed by atoms with Crippen LogP contribution >= 0.6 is 0 Å². The fraction of sp³-hybridized carbons (Fsp3) is 0.194. The fourth-order valence-electron chi connectivity index (χ4n) is 4.76. The number of aromatic nitrogens is 4. The van der Waals surface area contributed by atoms with Gasteiger partial charge < -0.3 is 20.6 Å². The Balaban J connectivity index is 0.000000493. The lowest BCUT2D eigenvalue weighted by Gasteiger charge is -2.24. The number of carbonyl (C=O) groups excluding carboxylic acids is 1. The maximum absolute atomic E-state index is 15.0. The molecule has 0 fully saturated rings. The van der Waals surface area contributed by atoms with Gasteiger partial charge in [0.25, 0.3) is 0 Å². The number of hydrogen-bond acceptors (Lipinski definition) is 7. The molecule has 2 aromatic heterocycles. The number of carbonyl (C=O) groups is 2. The lowest BCUT2D eigenvalue weighted by Crippen LogP contribution is -2.21. The molecule has 13 heteroatoms. The van der Waals surface area contributed by atoms with Gasteiger partial charge in [0, 0.05) is 23.7 Å². The SMILES string of the molecule is Nc1nccc(-c2cc(F)c3nc(C4COc5ccc(C(=O)CCc6ccccc6)cc5C4)[nH]c3c2)n1.O=C(O)C(F)(F)F. The summed E-state index contributed by atoms with van der Waals surface area (Å²) in [7, 11) is 0. The number of fused-ring (bicyclic) bond motifs is 2. The summed E-state index contributed by atoms with van der Waals surface area (Å²) >= 11 is 0. The van der Waals surface area contributed by atoms with E-state index in [2.05, 4.69) is 19.9 Å². The summed E-state index contributed by atoms with van der Waals surface area (Å²) in [6, 6.07) is 20.5. The number of nitrogens with two attached hydrogens (primary N) is 1. The van der Waals surface area contributed by atoms with Crippen molar-refractivity contribution in [2.24, 2.45) is 0 Å². The van der Waals surface area contributed by atoms with Crippen molar-refractivity contribution in [1.82, 2.24) is 19.9 Å². The van der Waals surface area contributed by atoms with E-state index in [0.717, 1.165) is 16.9 Å². The number of ketones is 1. The molecule has 1 aliphatic heterocycles. The highest BCUT2D eigenvalue weighted by atomic mass is 19.4. The summed E-state index contributed by atoms with van der Waals surface area (Å²) in [5.41, 5.74) is 10.4. The molecule has 1 unspecified atom stereocenters. The standard InChI is InChI=1S/C29H24FN5O2.C2HF3O2/c30-22-14-19(23-10-11-32-29(31)34-23)15-24-27(22)35-28(33-24)21-13-20-12-18(7-9-26(20)37-16-21)25(36)8-6-17-4-2-1-3-5-17;3-2(4,5)1(6)7/h1-5,7,9-12,14-15,21H,6,8,13,16H2,(H,33,35)(H2,31,32,34);(H,6,7). The van der Waals surface area contributed by atoms with Crippen LogP contribution < -0.4 is 10.5 Å². The summed E-state index contributed by atoms with van der Waals surface area (Å²) in [6.45, 7) is 0.408. The Morgan fingerprint density at radius 1 is 1.05 bits per heavy atom. The molecular weight excluding hydrogens is 582 g/mol. The number of carboxylic acid groups (broad SMARTS) is 1. The van der Waals surface area contributed by atoms with E-state index in [1.165, 1.54) is 12.3 Å². The molecule has 226 valence electrons. The quantitative estimate of drug-likeness (QED) is 0.160. The molecular formula is C31H25F4N5O4. The van der Waals surface area contributed by atoms with Crippen LogP contribution in [-0.4, -0.2) is 49.6 Å². The van der Waals surface area contributed by atoms with Crippen LogP contribution in [0, 0.1) is 5.82 Å². The predicted molar refractivity (Wildman–Crippen MR) is 153 cm³/mol. The van der Waals surface area contributed by atoms with Crippen LogP contribution in [0.1, 0.15) is 39.6 Å². The summed E-state index contributed by atoms with van der Waals surface area (Å²) in [4.78, 5) is 37.6. The molecule has 5 aromatic rings. The summed E-state index contributed by atoms with van der Waals surface area (Å²) < 4.78 is 52.7. The number of anilines is 1. The number of ether oxygens (including phenoxy) is 1. The Morgan fingerprint density at radius 3 is 2.50 bits per heavy atom. The van der Waals surface area contributed by atoms with Crippen LogP contribution in [0.5, 0.6) is 5.75 Å². The zero-order valence-electron chi connectivity index (χ0n) is 22.9. The third-order valence-corrected chi connectivity index (χ3v) is 6.93. The minimum atomic E-state index is -5.08. The van der Waals surface area contributed by atoms with Gasteiger partial charge in [0.2, 0.25) is 5.95 Å². The third kappa shape index (κ3) is 7.00. The van der Waals surface area contributed by atoms with E-state index in [4.69, 9.17) is 20.4 Å². The lowest BCUT2D eigenvalue weighted by atomic mass is 9.93. The second kappa shape index (κ2) is 12.5. The lowest BCUT2D eigenvalue weighted by molar-refractivity contribution is -0.192. The van der Waals surface area contributed by atoms with E-state index < -0.39 is 18.0 Å². The highest BCUT2D eigenvalue weighted by Gasteiger charge is 2.38. The molecule has 0 saturated heterocycles. The van der Waals surface area contributed by atoms with Crippen molar-refractivity contribution in [1.29, 1.82) is 0 Å². The molecule has 0 amide bonds. The molecule has 0 radical (unpaired) electrons. The van der Waals surface area contributed by atoms with Gasteiger partial charge in [-0.2, -0.15) is 13.2 Å². The normalized spacial score (nSPS) is 14.2. The molecule has 0 bridgehead atoms. The number of halogens is 4. The smallest absolute Gasteiger partial charge is 0.490 e. The van der Waals surface area contributed by atoms with Crippen molar-refractivity contribution in [3.63, 3.8) is 0 Å². The number of Topliss-reactive ketones (excluding diaryl/α,β-unsaturated/α-hetero) is 1. The van der Waals surface area contributed by atoms with Gasteiger partial charge in [-0.15, -0.1) is 0 Å². The largest absolute Gasteiger partial charge is 0.493 e. The van der Waals surface area contributed by atoms with Gasteiger partial charge in [-0.1, -0.05) is 30.3 Å². The maximum atomic E-state index is 15.0. The highest BCUT2D eigenvalue weighted by molar-refractivity contribution is 5.96. The van der Waals surface area contributed by atoms with Gasteiger partial charge in [0.1, 0.15) is 17.1 Å². The molecule has 0 saturated carbocycles. The molecule has 1 atom stereocenters. The minimum absolute atomic E-state index is 0.0949. The monoisotopic (exact) mass is 607 g/mol. The number of H-pyrrole nitrogens is 1. The highest BCUT2D eigenvalue weighted by Crippen LogP contribution is 2.34. The minimum Gasteiger partial charge on any atom is -0.493 e. The molecule has 0 spiro atoms. The van der Waals surface area contributed by atoms with E-state index in [1.54, 1.807) is 12.1 Å². The van der Waals surface area contributed by atoms with Gasteiger partial charge in [-0.25, -0.2) is 24.1 Å². The Bertz CT molecular complexity index is 1830. The molecule has 3 heterocycles. The van der Waals surface area contributed by atoms with Crippen molar-refractivity contribution >= 4 is 28.7 Å². The molecule has 9 nitrogen and oxygen atoms in total. The average Bonchev–Trinajstić information content (AvgIpc) is 3.45. The Kier molecular flexibility index (Phi) is 8.56. The Labute approximate surface area is 247 Å². The number of aliphatic carboxylic acids is 1. The van der Waals surface area contributed by atoms with E-state index in [9.17, 15) is 22.4 Å². The average molecular weight is 608 g/mol. The topological polar surface area (TPSA) is 144 Å². The second-order valence-electron chi connectivity index (χ2n) is 10.0. The zero-order chi connectivity index (χ0) is 31.4. The number of rotatable bonds is 6. The Hall–Kier alpha value is -5.33. The van der Waals surface area contributed by atoms with Gasteiger partial charge in [0.05, 0.1) is 23.7 Å². The van der Waals surface area contributed by atoms with Crippen LogP contribution in [-0.2, 0) is 17.6 Å². The van der Waals surface area contributed by atoms with Gasteiger partial charge in [-0.3, -0.25) is 4.79 Å². The van der Waals surface area contributed by atoms with Crippen molar-refractivity contribution < 1.29 is 37.0 Å². The number of benzene rings is 3. The van der Waals surface area contributed by atoms with E-state index in [-0.39, 0.29) is 23.2 Å². The molecule has 3 aromatic carbocycles. The molecule has 4 N–H and O–H groups in total. The van der Waals surface area contributed by atoms with Crippen molar-refractivity contribution in [2.45, 2.75) is 31.4 Å². The van der Waals surface area contributed by atoms with E-state index in [0.29, 0.717) is 54.0 Å². The van der Waals surface area contributed by atoms with Crippen LogP contribution in [0.3, 0.4) is 0 Å².